The summed E-state index contributed by atoms with van der Waals surface area (Å²) in [4.78, 5) is 26.9. The molecule has 10 heteroatoms. The van der Waals surface area contributed by atoms with Crippen LogP contribution in [0.4, 0.5) is 16.6 Å². The van der Waals surface area contributed by atoms with Crippen LogP contribution in [0.1, 0.15) is 32.7 Å². The summed E-state index contributed by atoms with van der Waals surface area (Å²) in [6, 6.07) is 8.44. The Kier molecular flexibility index (Phi) is 5.54. The SMILES string of the molecule is CC(C)C1COC(=O)N1c1ccnc(N[C@H](C)c2nc(-c3ccc(Cl)cc3)no2)n1. The zero-order valence-electron chi connectivity index (χ0n) is 16.7. The average molecular weight is 429 g/mol. The Hall–Kier alpha value is -3.20. The molecular formula is C20H21ClN6O3. The van der Waals surface area contributed by atoms with E-state index in [1.54, 1.807) is 29.3 Å². The van der Waals surface area contributed by atoms with Gasteiger partial charge in [-0.15, -0.1) is 0 Å². The summed E-state index contributed by atoms with van der Waals surface area (Å²) in [5.41, 5.74) is 0.798. The van der Waals surface area contributed by atoms with Crippen LogP contribution in [0.3, 0.4) is 0 Å². The number of amides is 1. The van der Waals surface area contributed by atoms with Crippen LogP contribution in [0.5, 0.6) is 0 Å². The predicted octanol–water partition coefficient (Wildman–Crippen LogP) is 4.33. The van der Waals surface area contributed by atoms with Crippen molar-refractivity contribution in [2.75, 3.05) is 16.8 Å². The van der Waals surface area contributed by atoms with Gasteiger partial charge in [-0.25, -0.2) is 9.78 Å². The molecule has 0 aliphatic carbocycles. The predicted molar refractivity (Wildman–Crippen MR) is 111 cm³/mol. The lowest BCUT2D eigenvalue weighted by Gasteiger charge is -2.23. The number of anilines is 2. The lowest BCUT2D eigenvalue weighted by atomic mass is 10.0. The Morgan fingerprint density at radius 3 is 2.67 bits per heavy atom. The number of cyclic esters (lactones) is 1. The Morgan fingerprint density at radius 1 is 1.17 bits per heavy atom. The van der Waals surface area contributed by atoms with Crippen molar-refractivity contribution in [2.45, 2.75) is 32.9 Å². The lowest BCUT2D eigenvalue weighted by molar-refractivity contribution is 0.177. The fourth-order valence-electron chi connectivity index (χ4n) is 3.13. The van der Waals surface area contributed by atoms with E-state index in [4.69, 9.17) is 20.9 Å². The van der Waals surface area contributed by atoms with Crippen molar-refractivity contribution >= 4 is 29.5 Å². The standard InChI is InChI=1S/C20H21ClN6O3/c1-11(2)15-10-29-20(28)27(15)16-8-9-22-19(24-16)23-12(3)18-25-17(26-30-18)13-4-6-14(21)7-5-13/h4-9,11-12,15H,10H2,1-3H3,(H,22,23,24)/t12-,15?/m1/s1. The first-order chi connectivity index (χ1) is 14.4. The second-order valence-electron chi connectivity index (χ2n) is 7.33. The fraction of sp³-hybridized carbons (Fsp3) is 0.350. The van der Waals surface area contributed by atoms with Crippen LogP contribution < -0.4 is 10.2 Å². The van der Waals surface area contributed by atoms with Crippen LogP contribution in [0.2, 0.25) is 5.02 Å². The van der Waals surface area contributed by atoms with Crippen LogP contribution in [0.15, 0.2) is 41.1 Å². The molecule has 3 heterocycles. The zero-order chi connectivity index (χ0) is 21.3. The molecule has 3 aromatic rings. The zero-order valence-corrected chi connectivity index (χ0v) is 17.5. The highest BCUT2D eigenvalue weighted by Gasteiger charge is 2.37. The maximum absolute atomic E-state index is 12.2. The number of nitrogens with one attached hydrogen (secondary N) is 1. The van der Waals surface area contributed by atoms with Gasteiger partial charge in [0.15, 0.2) is 0 Å². The Bertz CT molecular complexity index is 1040. The molecular weight excluding hydrogens is 408 g/mol. The van der Waals surface area contributed by atoms with Crippen molar-refractivity contribution in [3.05, 3.63) is 47.4 Å². The summed E-state index contributed by atoms with van der Waals surface area (Å²) < 4.78 is 10.6. The highest BCUT2D eigenvalue weighted by molar-refractivity contribution is 6.30. The van der Waals surface area contributed by atoms with E-state index in [1.807, 2.05) is 32.9 Å². The molecule has 0 spiro atoms. The first kappa shape index (κ1) is 20.1. The number of benzene rings is 1. The largest absolute Gasteiger partial charge is 0.447 e. The van der Waals surface area contributed by atoms with E-state index in [2.05, 4.69) is 25.4 Å². The first-order valence-corrected chi connectivity index (χ1v) is 9.95. The van der Waals surface area contributed by atoms with E-state index in [9.17, 15) is 4.79 Å². The van der Waals surface area contributed by atoms with E-state index < -0.39 is 6.09 Å². The van der Waals surface area contributed by atoms with Crippen LogP contribution in [-0.4, -0.2) is 38.9 Å². The molecule has 1 N–H and O–H groups in total. The summed E-state index contributed by atoms with van der Waals surface area (Å²) in [6.45, 7) is 6.27. The van der Waals surface area contributed by atoms with E-state index in [-0.39, 0.29) is 18.0 Å². The molecule has 9 nitrogen and oxygen atoms in total. The molecule has 30 heavy (non-hydrogen) atoms. The summed E-state index contributed by atoms with van der Waals surface area (Å²) in [6.07, 6.45) is 1.18. The van der Waals surface area contributed by atoms with Crippen LogP contribution >= 0.6 is 11.6 Å². The van der Waals surface area contributed by atoms with Crippen LogP contribution in [-0.2, 0) is 4.74 Å². The van der Waals surface area contributed by atoms with Crippen molar-refractivity contribution in [1.29, 1.82) is 0 Å². The van der Waals surface area contributed by atoms with Crippen molar-refractivity contribution in [3.8, 4) is 11.4 Å². The molecule has 1 aliphatic heterocycles. The van der Waals surface area contributed by atoms with Crippen molar-refractivity contribution < 1.29 is 14.1 Å². The fourth-order valence-corrected chi connectivity index (χ4v) is 3.25. The Balaban J connectivity index is 1.50. The molecule has 156 valence electrons. The minimum absolute atomic E-state index is 0.0736. The maximum Gasteiger partial charge on any atom is 0.415 e. The Morgan fingerprint density at radius 2 is 1.93 bits per heavy atom. The van der Waals surface area contributed by atoms with Crippen LogP contribution in [0.25, 0.3) is 11.4 Å². The van der Waals surface area contributed by atoms with Gasteiger partial charge < -0.3 is 14.6 Å². The number of ether oxygens (including phenoxy) is 1. The highest BCUT2D eigenvalue weighted by Crippen LogP contribution is 2.27. The van der Waals surface area contributed by atoms with E-state index in [1.165, 1.54) is 0 Å². The lowest BCUT2D eigenvalue weighted by Crippen LogP contribution is -2.37. The second-order valence-corrected chi connectivity index (χ2v) is 7.76. The van der Waals surface area contributed by atoms with Gasteiger partial charge in [0, 0.05) is 16.8 Å². The number of rotatable bonds is 6. The van der Waals surface area contributed by atoms with Gasteiger partial charge in [-0.2, -0.15) is 9.97 Å². The average Bonchev–Trinajstić information content (AvgIpc) is 3.36. The topological polar surface area (TPSA) is 106 Å². The van der Waals surface area contributed by atoms with Gasteiger partial charge in [0.1, 0.15) is 18.5 Å². The monoisotopic (exact) mass is 428 g/mol. The second kappa shape index (κ2) is 8.27. The number of aromatic nitrogens is 4. The minimum atomic E-state index is -0.407. The van der Waals surface area contributed by atoms with Crippen LogP contribution in [0, 0.1) is 5.92 Å². The van der Waals surface area contributed by atoms with E-state index in [0.29, 0.717) is 35.1 Å². The molecule has 1 unspecified atom stereocenters. The third-order valence-electron chi connectivity index (χ3n) is 4.82. The van der Waals surface area contributed by atoms with Gasteiger partial charge >= 0.3 is 6.09 Å². The molecule has 2 aromatic heterocycles. The quantitative estimate of drug-likeness (QED) is 0.618. The summed E-state index contributed by atoms with van der Waals surface area (Å²) >= 11 is 5.92. The van der Waals surface area contributed by atoms with E-state index >= 15 is 0 Å². The highest BCUT2D eigenvalue weighted by atomic mass is 35.5. The summed E-state index contributed by atoms with van der Waals surface area (Å²) in [5, 5.41) is 7.79. The van der Waals surface area contributed by atoms with Crippen molar-refractivity contribution in [2.24, 2.45) is 5.92 Å². The van der Waals surface area contributed by atoms with E-state index in [0.717, 1.165) is 5.56 Å². The molecule has 2 atom stereocenters. The number of nitrogens with zero attached hydrogens (tertiary/aromatic N) is 5. The maximum atomic E-state index is 12.2. The molecule has 1 aliphatic rings. The van der Waals surface area contributed by atoms with Gasteiger partial charge in [0.2, 0.25) is 17.7 Å². The third kappa shape index (κ3) is 4.06. The van der Waals surface area contributed by atoms with Gasteiger partial charge in [-0.1, -0.05) is 30.6 Å². The van der Waals surface area contributed by atoms with Gasteiger partial charge in [0.05, 0.1) is 6.04 Å². The molecule has 0 saturated carbocycles. The van der Waals surface area contributed by atoms with Gasteiger partial charge in [-0.3, -0.25) is 4.90 Å². The van der Waals surface area contributed by atoms with Gasteiger partial charge in [0.25, 0.3) is 0 Å². The summed E-state index contributed by atoms with van der Waals surface area (Å²) in [7, 11) is 0. The molecule has 4 rings (SSSR count). The number of carbonyl (C=O) groups excluding carboxylic acids is 1. The number of carbonyl (C=O) groups is 1. The summed E-state index contributed by atoms with van der Waals surface area (Å²) in [5.74, 6) is 1.90. The number of halogens is 1. The third-order valence-corrected chi connectivity index (χ3v) is 5.08. The molecule has 1 saturated heterocycles. The van der Waals surface area contributed by atoms with Gasteiger partial charge in [-0.05, 0) is 43.2 Å². The first-order valence-electron chi connectivity index (χ1n) is 9.57. The smallest absolute Gasteiger partial charge is 0.415 e. The molecule has 1 amide bonds. The Labute approximate surface area is 178 Å². The molecule has 0 bridgehead atoms. The number of hydrogen-bond acceptors (Lipinski definition) is 8. The molecule has 0 radical (unpaired) electrons. The normalized spacial score (nSPS) is 17.3. The number of hydrogen-bond donors (Lipinski definition) is 1. The minimum Gasteiger partial charge on any atom is -0.447 e. The molecule has 1 aromatic carbocycles. The van der Waals surface area contributed by atoms with Crippen molar-refractivity contribution in [1.82, 2.24) is 20.1 Å². The molecule has 1 fully saturated rings. The van der Waals surface area contributed by atoms with Crippen molar-refractivity contribution in [3.63, 3.8) is 0 Å².